The molecule has 3 amide bonds. The standard InChI is InChI=1S/C19H26N5O3/c1-3-4-5-10-24-17(25)15-16(21(2)19(24)26)20-18-22(9-7-11-23(15)18)13-14-8-6-12-27-14/h6,8,12,15H,3-5,7,9-11,13H2,1-2H3/q+1. The number of amides is 3. The van der Waals surface area contributed by atoms with E-state index in [9.17, 15) is 9.59 Å². The van der Waals surface area contributed by atoms with Gasteiger partial charge in [0, 0.05) is 20.0 Å². The Kier molecular flexibility index (Phi) is 4.72. The number of urea groups is 1. The zero-order valence-corrected chi connectivity index (χ0v) is 15.9. The molecule has 8 heteroatoms. The minimum atomic E-state index is -0.497. The second-order valence-corrected chi connectivity index (χ2v) is 7.26. The lowest BCUT2D eigenvalue weighted by atomic mass is 10.1. The molecule has 8 nitrogen and oxygen atoms in total. The number of fused-ring (bicyclic) bond motifs is 3. The highest BCUT2D eigenvalue weighted by Crippen LogP contribution is 2.26. The van der Waals surface area contributed by atoms with E-state index in [1.54, 1.807) is 13.3 Å². The summed E-state index contributed by atoms with van der Waals surface area (Å²) < 4.78 is 7.60. The Bertz CT molecular complexity index is 798. The van der Waals surface area contributed by atoms with Crippen LogP contribution in [0.3, 0.4) is 0 Å². The number of imide groups is 1. The van der Waals surface area contributed by atoms with Gasteiger partial charge in [0.1, 0.15) is 12.3 Å². The van der Waals surface area contributed by atoms with Crippen LogP contribution >= 0.6 is 0 Å². The molecule has 0 aromatic carbocycles. The van der Waals surface area contributed by atoms with E-state index in [0.717, 1.165) is 50.5 Å². The first-order chi connectivity index (χ1) is 13.1. The van der Waals surface area contributed by atoms with Gasteiger partial charge in [0.25, 0.3) is 5.91 Å². The van der Waals surface area contributed by atoms with Crippen LogP contribution in [0, 0.1) is 0 Å². The highest BCUT2D eigenvalue weighted by atomic mass is 16.3. The van der Waals surface area contributed by atoms with Crippen LogP contribution in [0.25, 0.3) is 0 Å². The van der Waals surface area contributed by atoms with E-state index in [0.29, 0.717) is 18.9 Å². The molecule has 1 atom stereocenters. The molecule has 1 fully saturated rings. The first-order valence-corrected chi connectivity index (χ1v) is 9.70. The van der Waals surface area contributed by atoms with Gasteiger partial charge in [-0.1, -0.05) is 24.8 Å². The summed E-state index contributed by atoms with van der Waals surface area (Å²) in [7, 11) is 1.71. The van der Waals surface area contributed by atoms with Crippen molar-refractivity contribution in [1.29, 1.82) is 0 Å². The largest absolute Gasteiger partial charge is 0.466 e. The molecule has 1 aromatic heterocycles. The molecule has 0 N–H and O–H groups in total. The number of rotatable bonds is 6. The number of guanidine groups is 1. The summed E-state index contributed by atoms with van der Waals surface area (Å²) in [4.78, 5) is 35.5. The van der Waals surface area contributed by atoms with Crippen LogP contribution in [0.15, 0.2) is 27.8 Å². The van der Waals surface area contributed by atoms with E-state index in [1.807, 2.05) is 17.0 Å². The normalized spacial score (nSPS) is 22.4. The number of carbonyl (C=O) groups excluding carboxylic acids is 2. The van der Waals surface area contributed by atoms with Crippen LogP contribution in [0.4, 0.5) is 4.79 Å². The summed E-state index contributed by atoms with van der Waals surface area (Å²) in [6, 6.07) is 3.03. The van der Waals surface area contributed by atoms with Crippen LogP contribution in [0.1, 0.15) is 38.4 Å². The molecule has 27 heavy (non-hydrogen) atoms. The zero-order valence-electron chi connectivity index (χ0n) is 15.9. The predicted octanol–water partition coefficient (Wildman–Crippen LogP) is 1.72. The average molecular weight is 372 g/mol. The van der Waals surface area contributed by atoms with Crippen molar-refractivity contribution < 1.29 is 18.6 Å². The van der Waals surface area contributed by atoms with Gasteiger partial charge in [0.2, 0.25) is 11.9 Å². The van der Waals surface area contributed by atoms with Crippen molar-refractivity contribution in [1.82, 2.24) is 14.7 Å². The Morgan fingerprint density at radius 3 is 2.93 bits per heavy atom. The fourth-order valence-corrected chi connectivity index (χ4v) is 3.99. The minimum absolute atomic E-state index is 0.150. The lowest BCUT2D eigenvalue weighted by Gasteiger charge is -2.35. The van der Waals surface area contributed by atoms with Crippen LogP contribution in [-0.4, -0.2) is 75.7 Å². The quantitative estimate of drug-likeness (QED) is 0.563. The molecule has 1 aromatic rings. The topological polar surface area (TPSA) is 72.4 Å². The fourth-order valence-electron chi connectivity index (χ4n) is 3.99. The second-order valence-electron chi connectivity index (χ2n) is 7.26. The molecule has 0 aliphatic carbocycles. The van der Waals surface area contributed by atoms with E-state index >= 15 is 0 Å². The number of aliphatic imine (C=N–C) groups is 1. The number of carbonyl (C=O) groups is 2. The van der Waals surface area contributed by atoms with Crippen molar-refractivity contribution in [2.45, 2.75) is 45.2 Å². The second kappa shape index (κ2) is 7.17. The Morgan fingerprint density at radius 1 is 1.33 bits per heavy atom. The van der Waals surface area contributed by atoms with Gasteiger partial charge in [-0.05, 0) is 18.6 Å². The van der Waals surface area contributed by atoms with Crippen molar-refractivity contribution in [3.63, 3.8) is 0 Å². The van der Waals surface area contributed by atoms with E-state index in [4.69, 9.17) is 9.41 Å². The minimum Gasteiger partial charge on any atom is -0.466 e. The van der Waals surface area contributed by atoms with Gasteiger partial charge in [-0.25, -0.2) is 9.69 Å². The van der Waals surface area contributed by atoms with Crippen LogP contribution in [-0.2, 0) is 11.3 Å². The smallest absolute Gasteiger partial charge is 0.392 e. The van der Waals surface area contributed by atoms with E-state index in [1.165, 1.54) is 9.80 Å². The van der Waals surface area contributed by atoms with E-state index in [-0.39, 0.29) is 11.9 Å². The fraction of sp³-hybridized carbons (Fsp3) is 0.579. The molecule has 3 aliphatic rings. The van der Waals surface area contributed by atoms with Gasteiger partial charge >= 0.3 is 12.0 Å². The third-order valence-electron chi connectivity index (χ3n) is 5.41. The molecule has 144 valence electrons. The molecule has 0 spiro atoms. The van der Waals surface area contributed by atoms with Crippen LogP contribution in [0.2, 0.25) is 0 Å². The summed E-state index contributed by atoms with van der Waals surface area (Å²) in [5.41, 5.74) is 0. The van der Waals surface area contributed by atoms with Crippen molar-refractivity contribution in [3.05, 3.63) is 24.2 Å². The Hall–Kier alpha value is -2.64. The number of amidine groups is 1. The zero-order chi connectivity index (χ0) is 19.0. The van der Waals surface area contributed by atoms with Gasteiger partial charge in [0.05, 0.1) is 19.4 Å². The van der Waals surface area contributed by atoms with Crippen LogP contribution in [0.5, 0.6) is 0 Å². The number of hydrogen-bond donors (Lipinski definition) is 0. The molecular weight excluding hydrogens is 346 g/mol. The Labute approximate surface area is 158 Å². The number of unbranched alkanes of at least 4 members (excludes halogenated alkanes) is 2. The maximum atomic E-state index is 13.1. The highest BCUT2D eigenvalue weighted by molar-refractivity contribution is 6.25. The maximum absolute atomic E-state index is 13.1. The first-order valence-electron chi connectivity index (χ1n) is 9.70. The summed E-state index contributed by atoms with van der Waals surface area (Å²) in [5, 5.41) is 0. The SMILES string of the molecule is CCCCCN1C(=O)C2C(=NC3=[N+](Cc4ccco4)CCCN32)N(C)C1=O. The maximum Gasteiger partial charge on any atom is 0.392 e. The molecule has 0 saturated carbocycles. The molecule has 1 unspecified atom stereocenters. The third-order valence-corrected chi connectivity index (χ3v) is 5.41. The molecule has 1 saturated heterocycles. The van der Waals surface area contributed by atoms with Crippen molar-refractivity contribution in [2.75, 3.05) is 26.7 Å². The number of furan rings is 1. The van der Waals surface area contributed by atoms with Crippen molar-refractivity contribution >= 4 is 23.7 Å². The lowest BCUT2D eigenvalue weighted by molar-refractivity contribution is -0.556. The van der Waals surface area contributed by atoms with Gasteiger partial charge in [0.15, 0.2) is 0 Å². The first kappa shape index (κ1) is 17.8. The predicted molar refractivity (Wildman–Crippen MR) is 99.5 cm³/mol. The van der Waals surface area contributed by atoms with E-state index in [2.05, 4.69) is 11.5 Å². The van der Waals surface area contributed by atoms with Crippen LogP contribution < -0.4 is 0 Å². The summed E-state index contributed by atoms with van der Waals surface area (Å²) in [6.07, 6.45) is 5.48. The molecule has 0 radical (unpaired) electrons. The molecule has 0 bridgehead atoms. The monoisotopic (exact) mass is 372 g/mol. The molecule has 4 rings (SSSR count). The van der Waals surface area contributed by atoms with Gasteiger partial charge in [-0.15, -0.1) is 0 Å². The summed E-state index contributed by atoms with van der Waals surface area (Å²) in [6.45, 7) is 4.80. The third kappa shape index (κ3) is 3.02. The molecular formula is C19H26N5O3+. The number of hydrogen-bond acceptors (Lipinski definition) is 5. The van der Waals surface area contributed by atoms with Gasteiger partial charge < -0.3 is 4.42 Å². The highest BCUT2D eigenvalue weighted by Gasteiger charge is 2.56. The van der Waals surface area contributed by atoms with Gasteiger partial charge in [-0.3, -0.25) is 19.2 Å². The number of nitrogens with zero attached hydrogens (tertiary/aromatic N) is 5. The lowest BCUT2D eigenvalue weighted by Crippen LogP contribution is -2.64. The number of likely N-dealkylation sites (N-methyl/N-ethyl adjacent to an activating group) is 1. The van der Waals surface area contributed by atoms with E-state index < -0.39 is 6.04 Å². The summed E-state index contributed by atoms with van der Waals surface area (Å²) >= 11 is 0. The van der Waals surface area contributed by atoms with Gasteiger partial charge in [-0.2, -0.15) is 0 Å². The molecule has 3 aliphatic heterocycles. The Balaban J connectivity index is 1.63. The molecule has 4 heterocycles. The Morgan fingerprint density at radius 2 is 2.19 bits per heavy atom. The average Bonchev–Trinajstić information content (AvgIpc) is 3.31. The van der Waals surface area contributed by atoms with Crippen molar-refractivity contribution in [2.24, 2.45) is 4.99 Å². The van der Waals surface area contributed by atoms with Crippen molar-refractivity contribution in [3.8, 4) is 0 Å². The summed E-state index contributed by atoms with van der Waals surface area (Å²) in [5.74, 6) is 2.01.